The van der Waals surface area contributed by atoms with Gasteiger partial charge in [-0.2, -0.15) is 23.4 Å². The van der Waals surface area contributed by atoms with E-state index in [-0.39, 0.29) is 11.3 Å². The first-order valence-electron chi connectivity index (χ1n) is 6.77. The molecule has 0 radical (unpaired) electrons. The van der Waals surface area contributed by atoms with Crippen LogP contribution in [0.15, 0.2) is 70.9 Å². The highest BCUT2D eigenvalue weighted by atomic mass is 19.4. The van der Waals surface area contributed by atoms with Gasteiger partial charge in [0.05, 0.1) is 5.70 Å². The van der Waals surface area contributed by atoms with Crippen LogP contribution in [-0.2, 0) is 5.54 Å². The van der Waals surface area contributed by atoms with E-state index in [0.29, 0.717) is 5.56 Å². The Hall–Kier alpha value is -2.43. The molecule has 1 aliphatic heterocycles. The molecule has 0 aliphatic carbocycles. The Morgan fingerprint density at radius 3 is 2.14 bits per heavy atom. The molecule has 0 amide bonds. The molecule has 1 atom stereocenters. The van der Waals surface area contributed by atoms with Gasteiger partial charge in [-0.05, 0) is 18.6 Å². The largest absolute Gasteiger partial charge is 0.423 e. The second-order valence-electron chi connectivity index (χ2n) is 5.23. The van der Waals surface area contributed by atoms with Crippen LogP contribution < -0.4 is 0 Å². The predicted octanol–water partition coefficient (Wildman–Crippen LogP) is 5.26. The Morgan fingerprint density at radius 1 is 0.909 bits per heavy atom. The SMILES string of the molecule is Cc1ccc(C2=CC(c3ccccc3)(C(F)(F)F)N=N2)cc1. The minimum Gasteiger partial charge on any atom is -0.168 e. The summed E-state index contributed by atoms with van der Waals surface area (Å²) in [4.78, 5) is 0. The first-order chi connectivity index (χ1) is 10.4. The highest BCUT2D eigenvalue weighted by molar-refractivity contribution is 5.68. The molecule has 3 rings (SSSR count). The molecular formula is C17H13F3N2. The van der Waals surface area contributed by atoms with Crippen LogP contribution in [0.25, 0.3) is 5.70 Å². The second-order valence-corrected chi connectivity index (χ2v) is 5.23. The van der Waals surface area contributed by atoms with Crippen molar-refractivity contribution >= 4 is 5.70 Å². The average molecular weight is 302 g/mol. The van der Waals surface area contributed by atoms with Crippen LogP contribution in [0.5, 0.6) is 0 Å². The Bertz CT molecular complexity index is 731. The molecule has 1 aliphatic rings. The van der Waals surface area contributed by atoms with Gasteiger partial charge in [-0.15, -0.1) is 0 Å². The van der Waals surface area contributed by atoms with Gasteiger partial charge >= 0.3 is 6.18 Å². The number of azo groups is 1. The summed E-state index contributed by atoms with van der Waals surface area (Å²) in [6, 6.07) is 14.8. The minimum atomic E-state index is -4.55. The van der Waals surface area contributed by atoms with Crippen molar-refractivity contribution in [2.24, 2.45) is 10.2 Å². The second kappa shape index (κ2) is 5.09. The molecule has 0 N–H and O–H groups in total. The van der Waals surface area contributed by atoms with Crippen molar-refractivity contribution < 1.29 is 13.2 Å². The van der Waals surface area contributed by atoms with Gasteiger partial charge in [0.15, 0.2) is 0 Å². The fourth-order valence-electron chi connectivity index (χ4n) is 2.39. The lowest BCUT2D eigenvalue weighted by Crippen LogP contribution is -2.37. The van der Waals surface area contributed by atoms with Crippen molar-refractivity contribution in [1.82, 2.24) is 0 Å². The lowest BCUT2D eigenvalue weighted by Gasteiger charge is -2.25. The molecule has 22 heavy (non-hydrogen) atoms. The molecule has 1 heterocycles. The zero-order valence-corrected chi connectivity index (χ0v) is 11.8. The zero-order chi connectivity index (χ0) is 15.8. The zero-order valence-electron chi connectivity index (χ0n) is 11.8. The van der Waals surface area contributed by atoms with Crippen molar-refractivity contribution in [3.63, 3.8) is 0 Å². The highest BCUT2D eigenvalue weighted by Crippen LogP contribution is 2.48. The molecule has 0 aromatic heterocycles. The normalized spacial score (nSPS) is 21.0. The van der Waals surface area contributed by atoms with E-state index >= 15 is 0 Å². The van der Waals surface area contributed by atoms with Gasteiger partial charge in [0.2, 0.25) is 5.54 Å². The van der Waals surface area contributed by atoms with Crippen LogP contribution in [0.2, 0.25) is 0 Å². The van der Waals surface area contributed by atoms with E-state index in [0.717, 1.165) is 11.6 Å². The van der Waals surface area contributed by atoms with Gasteiger partial charge in [-0.25, -0.2) is 0 Å². The number of aryl methyl sites for hydroxylation is 1. The van der Waals surface area contributed by atoms with Crippen LogP contribution in [-0.4, -0.2) is 6.18 Å². The lowest BCUT2D eigenvalue weighted by molar-refractivity contribution is -0.174. The van der Waals surface area contributed by atoms with E-state index in [1.54, 1.807) is 30.3 Å². The molecular weight excluding hydrogens is 289 g/mol. The Morgan fingerprint density at radius 2 is 1.55 bits per heavy atom. The molecule has 5 heteroatoms. The van der Waals surface area contributed by atoms with E-state index < -0.39 is 11.7 Å². The van der Waals surface area contributed by atoms with E-state index in [1.165, 1.54) is 12.1 Å². The third kappa shape index (κ3) is 2.32. The van der Waals surface area contributed by atoms with Crippen molar-refractivity contribution in [3.8, 4) is 0 Å². The maximum Gasteiger partial charge on any atom is 0.423 e. The Labute approximate surface area is 126 Å². The summed E-state index contributed by atoms with van der Waals surface area (Å²) in [5.74, 6) is 0. The van der Waals surface area contributed by atoms with Gasteiger partial charge in [0, 0.05) is 5.56 Å². The maximum atomic E-state index is 13.7. The van der Waals surface area contributed by atoms with Gasteiger partial charge in [-0.1, -0.05) is 60.2 Å². The molecule has 0 bridgehead atoms. The molecule has 0 fully saturated rings. The Kier molecular flexibility index (Phi) is 3.35. The number of alkyl halides is 3. The first kappa shape index (κ1) is 14.5. The van der Waals surface area contributed by atoms with Crippen molar-refractivity contribution in [2.75, 3.05) is 0 Å². The summed E-state index contributed by atoms with van der Waals surface area (Å²) in [5.41, 5.74) is -0.454. The summed E-state index contributed by atoms with van der Waals surface area (Å²) in [5, 5.41) is 7.39. The van der Waals surface area contributed by atoms with E-state index in [9.17, 15) is 13.2 Å². The number of hydrogen-bond acceptors (Lipinski definition) is 2. The summed E-state index contributed by atoms with van der Waals surface area (Å²) < 4.78 is 41.0. The highest BCUT2D eigenvalue weighted by Gasteiger charge is 2.57. The van der Waals surface area contributed by atoms with Crippen molar-refractivity contribution in [2.45, 2.75) is 18.6 Å². The molecule has 0 spiro atoms. The van der Waals surface area contributed by atoms with Gasteiger partial charge in [0.1, 0.15) is 0 Å². The molecule has 2 nitrogen and oxygen atoms in total. The summed E-state index contributed by atoms with van der Waals surface area (Å²) in [6.45, 7) is 1.91. The van der Waals surface area contributed by atoms with Gasteiger partial charge < -0.3 is 0 Å². The quantitative estimate of drug-likeness (QED) is 0.723. The number of benzene rings is 2. The van der Waals surface area contributed by atoms with Crippen LogP contribution in [0, 0.1) is 6.92 Å². The minimum absolute atomic E-state index is 0.0633. The number of halogens is 3. The number of rotatable bonds is 2. The maximum absolute atomic E-state index is 13.7. The van der Waals surface area contributed by atoms with E-state index in [4.69, 9.17) is 0 Å². The molecule has 112 valence electrons. The van der Waals surface area contributed by atoms with Crippen molar-refractivity contribution in [1.29, 1.82) is 0 Å². The molecule has 1 unspecified atom stereocenters. The third-order valence-electron chi connectivity index (χ3n) is 3.65. The van der Waals surface area contributed by atoms with E-state index in [2.05, 4.69) is 10.2 Å². The van der Waals surface area contributed by atoms with Crippen LogP contribution in [0.1, 0.15) is 16.7 Å². The lowest BCUT2D eigenvalue weighted by atomic mass is 9.89. The van der Waals surface area contributed by atoms with Crippen LogP contribution in [0.3, 0.4) is 0 Å². The van der Waals surface area contributed by atoms with Gasteiger partial charge in [0.25, 0.3) is 0 Å². The summed E-state index contributed by atoms with van der Waals surface area (Å²) >= 11 is 0. The summed E-state index contributed by atoms with van der Waals surface area (Å²) in [7, 11) is 0. The van der Waals surface area contributed by atoms with Gasteiger partial charge in [-0.3, -0.25) is 0 Å². The standard InChI is InChI=1S/C17H13F3N2/c1-12-7-9-13(10-8-12)15-11-16(22-21-15,17(18,19)20)14-5-3-2-4-6-14/h2-11H,1H3. The summed E-state index contributed by atoms with van der Waals surface area (Å²) in [6.07, 6.45) is -3.46. The fourth-order valence-corrected chi connectivity index (χ4v) is 2.39. The van der Waals surface area contributed by atoms with Crippen LogP contribution in [0.4, 0.5) is 13.2 Å². The monoisotopic (exact) mass is 302 g/mol. The number of nitrogens with zero attached hydrogens (tertiary/aromatic N) is 2. The molecule has 0 saturated carbocycles. The first-order valence-corrected chi connectivity index (χ1v) is 6.77. The number of hydrogen-bond donors (Lipinski definition) is 0. The van der Waals surface area contributed by atoms with Crippen LogP contribution >= 0.6 is 0 Å². The molecule has 2 aromatic carbocycles. The Balaban J connectivity index is 2.11. The third-order valence-corrected chi connectivity index (χ3v) is 3.65. The molecule has 0 saturated heterocycles. The van der Waals surface area contributed by atoms with E-state index in [1.807, 2.05) is 19.1 Å². The topological polar surface area (TPSA) is 24.7 Å². The smallest absolute Gasteiger partial charge is 0.168 e. The molecule has 2 aromatic rings. The average Bonchev–Trinajstić information content (AvgIpc) is 2.95. The van der Waals surface area contributed by atoms with Crippen molar-refractivity contribution in [3.05, 3.63) is 77.4 Å². The predicted molar refractivity (Wildman–Crippen MR) is 78.2 cm³/mol. The fraction of sp³-hybridized carbons (Fsp3) is 0.176.